The average Bonchev–Trinajstić information content (AvgIpc) is 2.77. The SMILES string of the molecule is CN(CC(=O)Nc1ccc(Cl)c(C(F)(F)F)c1)C(=O)C1c2ccccc2Oc2ccccc21. The maximum atomic E-state index is 13.4. The van der Waals surface area contributed by atoms with Crippen LogP contribution in [0.4, 0.5) is 18.9 Å². The molecule has 3 aromatic carbocycles. The van der Waals surface area contributed by atoms with Gasteiger partial charge in [0.25, 0.3) is 0 Å². The number of ether oxygens (including phenoxy) is 1. The molecule has 0 radical (unpaired) electrons. The first kappa shape index (κ1) is 22.7. The molecule has 0 aromatic heterocycles. The summed E-state index contributed by atoms with van der Waals surface area (Å²) in [6, 6.07) is 17.4. The van der Waals surface area contributed by atoms with Gasteiger partial charge in [-0.3, -0.25) is 9.59 Å². The zero-order valence-electron chi connectivity index (χ0n) is 17.3. The van der Waals surface area contributed by atoms with Crippen molar-refractivity contribution in [3.63, 3.8) is 0 Å². The van der Waals surface area contributed by atoms with Gasteiger partial charge < -0.3 is 15.0 Å². The van der Waals surface area contributed by atoms with Crippen molar-refractivity contribution in [2.45, 2.75) is 12.1 Å². The van der Waals surface area contributed by atoms with E-state index in [1.807, 2.05) is 0 Å². The highest BCUT2D eigenvalue weighted by Crippen LogP contribution is 2.44. The summed E-state index contributed by atoms with van der Waals surface area (Å²) in [5, 5.41) is 1.92. The van der Waals surface area contributed by atoms with E-state index in [1.165, 1.54) is 18.0 Å². The van der Waals surface area contributed by atoms with Crippen LogP contribution in [0.3, 0.4) is 0 Å². The second-order valence-corrected chi connectivity index (χ2v) is 7.95. The summed E-state index contributed by atoms with van der Waals surface area (Å²) in [6.45, 7) is -0.357. The van der Waals surface area contributed by atoms with Gasteiger partial charge in [0.05, 0.1) is 23.0 Å². The molecule has 1 aliphatic heterocycles. The molecule has 9 heteroatoms. The average molecular weight is 475 g/mol. The molecule has 3 aromatic rings. The Kier molecular flexibility index (Phi) is 6.03. The summed E-state index contributed by atoms with van der Waals surface area (Å²) in [5.41, 5.74) is 0.211. The number of carbonyl (C=O) groups is 2. The third-order valence-electron chi connectivity index (χ3n) is 5.24. The fraction of sp³-hybridized carbons (Fsp3) is 0.167. The van der Waals surface area contributed by atoms with Crippen molar-refractivity contribution in [2.24, 2.45) is 0 Å². The second kappa shape index (κ2) is 8.78. The smallest absolute Gasteiger partial charge is 0.417 e. The highest BCUT2D eigenvalue weighted by atomic mass is 35.5. The molecule has 0 saturated carbocycles. The van der Waals surface area contributed by atoms with Gasteiger partial charge in [-0.25, -0.2) is 0 Å². The van der Waals surface area contributed by atoms with Gasteiger partial charge in [-0.2, -0.15) is 13.2 Å². The Labute approximate surface area is 192 Å². The summed E-state index contributed by atoms with van der Waals surface area (Å²) in [5.74, 6) is -0.576. The van der Waals surface area contributed by atoms with Gasteiger partial charge in [-0.05, 0) is 30.3 Å². The maximum absolute atomic E-state index is 13.4. The van der Waals surface area contributed by atoms with E-state index in [9.17, 15) is 22.8 Å². The lowest BCUT2D eigenvalue weighted by Gasteiger charge is -2.30. The van der Waals surface area contributed by atoms with Gasteiger partial charge in [0, 0.05) is 23.9 Å². The van der Waals surface area contributed by atoms with Crippen LogP contribution in [0.15, 0.2) is 66.7 Å². The number of hydrogen-bond acceptors (Lipinski definition) is 3. The van der Waals surface area contributed by atoms with E-state index in [2.05, 4.69) is 5.32 Å². The molecular weight excluding hydrogens is 457 g/mol. The number of para-hydroxylation sites is 2. The third kappa shape index (κ3) is 4.66. The lowest BCUT2D eigenvalue weighted by Crippen LogP contribution is -2.38. The monoisotopic (exact) mass is 474 g/mol. The van der Waals surface area contributed by atoms with Gasteiger partial charge in [0.1, 0.15) is 11.5 Å². The Morgan fingerprint density at radius 1 is 1.00 bits per heavy atom. The Bertz CT molecular complexity index is 1180. The van der Waals surface area contributed by atoms with Gasteiger partial charge in [0.15, 0.2) is 0 Å². The Hall–Kier alpha value is -3.52. The van der Waals surface area contributed by atoms with Crippen LogP contribution >= 0.6 is 11.6 Å². The van der Waals surface area contributed by atoms with E-state index in [0.717, 1.165) is 12.1 Å². The number of fused-ring (bicyclic) bond motifs is 2. The van der Waals surface area contributed by atoms with E-state index in [4.69, 9.17) is 16.3 Å². The number of amides is 2. The van der Waals surface area contributed by atoms with Crippen LogP contribution in [0.5, 0.6) is 11.5 Å². The molecule has 2 amide bonds. The Morgan fingerprint density at radius 3 is 2.15 bits per heavy atom. The molecule has 170 valence electrons. The lowest BCUT2D eigenvalue weighted by atomic mass is 9.87. The largest absolute Gasteiger partial charge is 0.457 e. The zero-order valence-corrected chi connectivity index (χ0v) is 18.1. The van der Waals surface area contributed by atoms with Crippen LogP contribution < -0.4 is 10.1 Å². The number of hydrogen-bond donors (Lipinski definition) is 1. The van der Waals surface area contributed by atoms with Crippen molar-refractivity contribution >= 4 is 29.1 Å². The van der Waals surface area contributed by atoms with Crippen molar-refractivity contribution < 1.29 is 27.5 Å². The molecule has 5 nitrogen and oxygen atoms in total. The first-order chi connectivity index (χ1) is 15.6. The van der Waals surface area contributed by atoms with Crippen LogP contribution in [0.1, 0.15) is 22.6 Å². The molecular formula is C24H18ClF3N2O3. The van der Waals surface area contributed by atoms with Crippen molar-refractivity contribution in [3.05, 3.63) is 88.4 Å². The Morgan fingerprint density at radius 2 is 1.58 bits per heavy atom. The minimum Gasteiger partial charge on any atom is -0.457 e. The summed E-state index contributed by atoms with van der Waals surface area (Å²) < 4.78 is 45.1. The number of anilines is 1. The first-order valence-corrected chi connectivity index (χ1v) is 10.3. The standard InChI is InChI=1S/C24H18ClF3N2O3/c1-30(13-21(31)29-14-10-11-18(25)17(12-14)24(26,27)28)23(32)22-15-6-2-4-8-19(15)33-20-9-5-3-7-16(20)22/h2-12,22H,13H2,1H3,(H,29,31). The molecule has 0 unspecified atom stereocenters. The number of halogens is 4. The van der Waals surface area contributed by atoms with Crippen molar-refractivity contribution in [3.8, 4) is 11.5 Å². The van der Waals surface area contributed by atoms with E-state index in [1.54, 1.807) is 48.5 Å². The molecule has 0 spiro atoms. The summed E-state index contributed by atoms with van der Waals surface area (Å²) in [7, 11) is 1.46. The number of carbonyl (C=O) groups excluding carboxylic acids is 2. The minimum absolute atomic E-state index is 0.0701. The predicted octanol–water partition coefficient (Wildman–Crippen LogP) is 5.69. The van der Waals surface area contributed by atoms with Crippen molar-refractivity contribution in [1.82, 2.24) is 4.90 Å². The number of nitrogens with one attached hydrogen (secondary N) is 1. The minimum atomic E-state index is -4.66. The second-order valence-electron chi connectivity index (χ2n) is 7.55. The van der Waals surface area contributed by atoms with Crippen LogP contribution in [-0.4, -0.2) is 30.3 Å². The van der Waals surface area contributed by atoms with Crippen molar-refractivity contribution in [1.29, 1.82) is 0 Å². The number of alkyl halides is 3. The highest BCUT2D eigenvalue weighted by Gasteiger charge is 2.35. The Balaban J connectivity index is 1.53. The lowest BCUT2D eigenvalue weighted by molar-refractivity contribution is -0.137. The van der Waals surface area contributed by atoms with E-state index >= 15 is 0 Å². The van der Waals surface area contributed by atoms with E-state index in [0.29, 0.717) is 22.6 Å². The number of rotatable bonds is 4. The number of benzene rings is 3. The number of nitrogens with zero attached hydrogens (tertiary/aromatic N) is 1. The predicted molar refractivity (Wildman–Crippen MR) is 118 cm³/mol. The molecule has 1 heterocycles. The molecule has 0 saturated heterocycles. The molecule has 0 aliphatic carbocycles. The third-order valence-corrected chi connectivity index (χ3v) is 5.57. The number of likely N-dealkylation sites (N-methyl/N-ethyl adjacent to an activating group) is 1. The molecule has 1 N–H and O–H groups in total. The quantitative estimate of drug-likeness (QED) is 0.528. The summed E-state index contributed by atoms with van der Waals surface area (Å²) >= 11 is 5.62. The van der Waals surface area contributed by atoms with Gasteiger partial charge in [-0.1, -0.05) is 48.0 Å². The van der Waals surface area contributed by atoms with Crippen LogP contribution in [-0.2, 0) is 15.8 Å². The van der Waals surface area contributed by atoms with Crippen LogP contribution in [0.25, 0.3) is 0 Å². The molecule has 4 rings (SSSR count). The zero-order chi connectivity index (χ0) is 23.8. The van der Waals surface area contributed by atoms with E-state index in [-0.39, 0.29) is 18.1 Å². The van der Waals surface area contributed by atoms with Crippen molar-refractivity contribution in [2.75, 3.05) is 18.9 Å². The fourth-order valence-electron chi connectivity index (χ4n) is 3.71. The topological polar surface area (TPSA) is 58.6 Å². The summed E-state index contributed by atoms with van der Waals surface area (Å²) in [4.78, 5) is 27.1. The van der Waals surface area contributed by atoms with Gasteiger partial charge >= 0.3 is 6.18 Å². The van der Waals surface area contributed by atoms with E-state index < -0.39 is 28.6 Å². The summed E-state index contributed by atoms with van der Waals surface area (Å²) in [6.07, 6.45) is -4.66. The van der Waals surface area contributed by atoms with Gasteiger partial charge in [0.2, 0.25) is 11.8 Å². The molecule has 33 heavy (non-hydrogen) atoms. The first-order valence-electron chi connectivity index (χ1n) is 9.92. The molecule has 0 fully saturated rings. The molecule has 1 aliphatic rings. The van der Waals surface area contributed by atoms with Gasteiger partial charge in [-0.15, -0.1) is 0 Å². The highest BCUT2D eigenvalue weighted by molar-refractivity contribution is 6.31. The molecule has 0 atom stereocenters. The maximum Gasteiger partial charge on any atom is 0.417 e. The molecule has 0 bridgehead atoms. The normalized spacial score (nSPS) is 12.9. The van der Waals surface area contributed by atoms with Crippen LogP contribution in [0, 0.1) is 0 Å². The fourth-order valence-corrected chi connectivity index (χ4v) is 3.94. The van der Waals surface area contributed by atoms with Crippen LogP contribution in [0.2, 0.25) is 5.02 Å².